The quantitative estimate of drug-likeness (QED) is 0.355. The first-order valence-electron chi connectivity index (χ1n) is 11.8. The Labute approximate surface area is 210 Å². The van der Waals surface area contributed by atoms with Crippen LogP contribution in [0.2, 0.25) is 0 Å². The Bertz CT molecular complexity index is 1300. The Balaban J connectivity index is 1.58. The molecular weight excluding hydrogens is 456 g/mol. The highest BCUT2D eigenvalue weighted by Crippen LogP contribution is 2.43. The van der Waals surface area contributed by atoms with E-state index in [-0.39, 0.29) is 22.6 Å². The molecule has 2 heterocycles. The van der Waals surface area contributed by atoms with Crippen LogP contribution >= 0.6 is 0 Å². The maximum absolute atomic E-state index is 11.2. The van der Waals surface area contributed by atoms with Gasteiger partial charge in [-0.05, 0) is 66.2 Å². The lowest BCUT2D eigenvalue weighted by Crippen LogP contribution is -2.41. The van der Waals surface area contributed by atoms with Gasteiger partial charge in [0.15, 0.2) is 0 Å². The molecule has 0 N–H and O–H groups in total. The highest BCUT2D eigenvalue weighted by Gasteiger charge is 2.43. The van der Waals surface area contributed by atoms with E-state index in [9.17, 15) is 10.1 Å². The molecule has 2 aliphatic rings. The third-order valence-electron chi connectivity index (χ3n) is 6.73. The number of hydrogen-bond acceptors (Lipinski definition) is 7. The van der Waals surface area contributed by atoms with Gasteiger partial charge in [-0.2, -0.15) is 5.10 Å². The standard InChI is InChI=1S/C28H28N4O4/c1-30-17-21(16-19-4-12-24(35-2)13-5-19)27-26(18-30)28(20-6-14-25(36-3)15-7-20)31(29-27)22-8-10-23(11-9-22)32(33)34/h4-16,26,28H,17-18H2,1-3H3/b21-16+/t26-,28-/m0/s1. The van der Waals surface area contributed by atoms with Gasteiger partial charge in [0.2, 0.25) is 0 Å². The SMILES string of the molecule is COc1ccc(/C=C2\CN(C)C[C@H]3C2=NN(c2ccc([N+](=O)[O-])cc2)[C@H]3c2ccc(OC)cc2)cc1. The number of fused-ring (bicyclic) bond motifs is 1. The number of ether oxygens (including phenoxy) is 2. The van der Waals surface area contributed by atoms with Gasteiger partial charge in [0.1, 0.15) is 11.5 Å². The second-order valence-corrected chi connectivity index (χ2v) is 9.07. The van der Waals surface area contributed by atoms with Crippen molar-refractivity contribution in [2.45, 2.75) is 6.04 Å². The van der Waals surface area contributed by atoms with E-state index in [4.69, 9.17) is 14.6 Å². The number of likely N-dealkylation sites (N-methyl/N-ethyl adjacent to an activating group) is 1. The van der Waals surface area contributed by atoms with E-state index in [2.05, 4.69) is 30.2 Å². The number of benzene rings is 3. The minimum Gasteiger partial charge on any atom is -0.497 e. The van der Waals surface area contributed by atoms with Crippen LogP contribution < -0.4 is 14.5 Å². The molecular formula is C28H28N4O4. The molecule has 8 heteroatoms. The number of piperidine rings is 1. The molecule has 0 bridgehead atoms. The molecule has 0 radical (unpaired) electrons. The Morgan fingerprint density at radius 2 is 1.56 bits per heavy atom. The summed E-state index contributed by atoms with van der Waals surface area (Å²) in [4.78, 5) is 13.1. The summed E-state index contributed by atoms with van der Waals surface area (Å²) in [6.07, 6.45) is 2.19. The number of anilines is 1. The molecule has 0 saturated carbocycles. The smallest absolute Gasteiger partial charge is 0.269 e. The van der Waals surface area contributed by atoms with Crippen LogP contribution in [0.5, 0.6) is 11.5 Å². The van der Waals surface area contributed by atoms with Crippen molar-refractivity contribution in [2.75, 3.05) is 39.4 Å². The topological polar surface area (TPSA) is 80.4 Å². The first kappa shape index (κ1) is 23.6. The average molecular weight is 485 g/mol. The Morgan fingerprint density at radius 1 is 0.944 bits per heavy atom. The van der Waals surface area contributed by atoms with E-state index in [1.165, 1.54) is 12.1 Å². The van der Waals surface area contributed by atoms with Crippen molar-refractivity contribution < 1.29 is 14.4 Å². The fourth-order valence-electron chi connectivity index (χ4n) is 4.97. The number of likely N-dealkylation sites (tertiary alicyclic amines) is 1. The van der Waals surface area contributed by atoms with Crippen molar-refractivity contribution in [3.8, 4) is 11.5 Å². The number of nitrogens with zero attached hydrogens (tertiary/aromatic N) is 4. The molecule has 8 nitrogen and oxygen atoms in total. The normalized spacial score (nSPS) is 20.7. The third-order valence-corrected chi connectivity index (χ3v) is 6.73. The molecule has 184 valence electrons. The molecule has 0 unspecified atom stereocenters. The molecule has 5 rings (SSSR count). The van der Waals surface area contributed by atoms with Gasteiger partial charge in [0, 0.05) is 31.1 Å². The van der Waals surface area contributed by atoms with Gasteiger partial charge in [-0.25, -0.2) is 0 Å². The van der Waals surface area contributed by atoms with E-state index in [1.54, 1.807) is 26.4 Å². The maximum atomic E-state index is 11.2. The molecule has 0 amide bonds. The molecule has 36 heavy (non-hydrogen) atoms. The Morgan fingerprint density at radius 3 is 2.14 bits per heavy atom. The van der Waals surface area contributed by atoms with Crippen molar-refractivity contribution in [1.82, 2.24) is 4.90 Å². The zero-order valence-corrected chi connectivity index (χ0v) is 20.5. The monoisotopic (exact) mass is 484 g/mol. The van der Waals surface area contributed by atoms with Crippen LogP contribution in [0, 0.1) is 16.0 Å². The summed E-state index contributed by atoms with van der Waals surface area (Å²) in [5, 5.41) is 18.3. The van der Waals surface area contributed by atoms with Crippen LogP contribution in [0.1, 0.15) is 17.2 Å². The van der Waals surface area contributed by atoms with Gasteiger partial charge in [0.25, 0.3) is 5.69 Å². The zero-order chi connectivity index (χ0) is 25.2. The number of rotatable bonds is 6. The van der Waals surface area contributed by atoms with Gasteiger partial charge < -0.3 is 14.4 Å². The lowest BCUT2D eigenvalue weighted by molar-refractivity contribution is -0.384. The lowest BCUT2D eigenvalue weighted by atomic mass is 9.83. The first-order chi connectivity index (χ1) is 17.5. The number of hydrogen-bond donors (Lipinski definition) is 0. The Hall–Kier alpha value is -4.17. The second-order valence-electron chi connectivity index (χ2n) is 9.07. The summed E-state index contributed by atoms with van der Waals surface area (Å²) >= 11 is 0. The second kappa shape index (κ2) is 9.83. The van der Waals surface area contributed by atoms with Crippen LogP contribution in [-0.2, 0) is 0 Å². The van der Waals surface area contributed by atoms with Crippen LogP contribution in [-0.4, -0.2) is 49.9 Å². The first-order valence-corrected chi connectivity index (χ1v) is 11.8. The number of hydrazone groups is 1. The lowest BCUT2D eigenvalue weighted by Gasteiger charge is -2.34. The van der Waals surface area contributed by atoms with Gasteiger partial charge in [-0.15, -0.1) is 0 Å². The minimum absolute atomic E-state index is 0.0591. The summed E-state index contributed by atoms with van der Waals surface area (Å²) in [5.41, 5.74) is 5.26. The van der Waals surface area contributed by atoms with E-state index < -0.39 is 0 Å². The summed E-state index contributed by atoms with van der Waals surface area (Å²) < 4.78 is 10.7. The predicted octanol–water partition coefficient (Wildman–Crippen LogP) is 5.17. The highest BCUT2D eigenvalue weighted by molar-refractivity contribution is 6.09. The summed E-state index contributed by atoms with van der Waals surface area (Å²) in [7, 11) is 5.44. The Kier molecular flexibility index (Phi) is 6.43. The molecule has 1 fully saturated rings. The van der Waals surface area contributed by atoms with Crippen molar-refractivity contribution in [3.63, 3.8) is 0 Å². The number of non-ortho nitro benzene ring substituents is 1. The number of methoxy groups -OCH3 is 2. The zero-order valence-electron chi connectivity index (χ0n) is 20.5. The highest BCUT2D eigenvalue weighted by atomic mass is 16.6. The van der Waals surface area contributed by atoms with Crippen LogP contribution in [0.25, 0.3) is 6.08 Å². The average Bonchev–Trinajstić information content (AvgIpc) is 3.28. The molecule has 1 saturated heterocycles. The van der Waals surface area contributed by atoms with Crippen molar-refractivity contribution in [3.05, 3.63) is 99.6 Å². The van der Waals surface area contributed by atoms with E-state index in [0.717, 1.165) is 52.7 Å². The summed E-state index contributed by atoms with van der Waals surface area (Å²) in [6, 6.07) is 22.6. The summed E-state index contributed by atoms with van der Waals surface area (Å²) in [5.74, 6) is 1.73. The maximum Gasteiger partial charge on any atom is 0.269 e. The number of nitro groups is 1. The van der Waals surface area contributed by atoms with Gasteiger partial charge in [-0.3, -0.25) is 15.1 Å². The van der Waals surface area contributed by atoms with Crippen molar-refractivity contribution >= 4 is 23.2 Å². The molecule has 0 aliphatic carbocycles. The van der Waals surface area contributed by atoms with E-state index >= 15 is 0 Å². The minimum atomic E-state index is -0.384. The fourth-order valence-corrected chi connectivity index (χ4v) is 4.97. The van der Waals surface area contributed by atoms with E-state index in [0.29, 0.717) is 0 Å². The largest absolute Gasteiger partial charge is 0.497 e. The van der Waals surface area contributed by atoms with Crippen molar-refractivity contribution in [2.24, 2.45) is 11.0 Å². The molecule has 2 aliphatic heterocycles. The van der Waals surface area contributed by atoms with Crippen LogP contribution in [0.15, 0.2) is 83.5 Å². The van der Waals surface area contributed by atoms with Crippen LogP contribution in [0.4, 0.5) is 11.4 Å². The fraction of sp³-hybridized carbons (Fsp3) is 0.250. The molecule has 3 aromatic carbocycles. The molecule has 3 aromatic rings. The predicted molar refractivity (Wildman–Crippen MR) is 141 cm³/mol. The number of nitro benzene ring substituents is 1. The van der Waals surface area contributed by atoms with Gasteiger partial charge >= 0.3 is 0 Å². The summed E-state index contributed by atoms with van der Waals surface area (Å²) in [6.45, 7) is 1.63. The van der Waals surface area contributed by atoms with Gasteiger partial charge in [0.05, 0.1) is 36.6 Å². The van der Waals surface area contributed by atoms with Gasteiger partial charge in [-0.1, -0.05) is 24.3 Å². The third kappa shape index (κ3) is 4.55. The van der Waals surface area contributed by atoms with Crippen molar-refractivity contribution in [1.29, 1.82) is 0 Å². The van der Waals surface area contributed by atoms with E-state index in [1.807, 2.05) is 41.4 Å². The molecule has 0 aromatic heterocycles. The van der Waals surface area contributed by atoms with Crippen LogP contribution in [0.3, 0.4) is 0 Å². The molecule has 2 atom stereocenters. The molecule has 0 spiro atoms.